The largest absolute Gasteiger partial charge is 0.413 e. The maximum Gasteiger partial charge on any atom is 0.413 e. The number of halogens is 1. The molecule has 0 saturated heterocycles. The number of carbonyl (C=O) groups is 1. The Kier molecular flexibility index (Phi) is 4.63. The summed E-state index contributed by atoms with van der Waals surface area (Å²) >= 11 is 5.45. The van der Waals surface area contributed by atoms with Crippen molar-refractivity contribution in [3.63, 3.8) is 0 Å². The van der Waals surface area contributed by atoms with Crippen LogP contribution in [0.4, 0.5) is 4.79 Å². The number of carbonyl (C=O) groups excluding carboxylic acids is 1. The molecule has 0 heterocycles. The fraction of sp³-hybridized carbons (Fsp3) is 0.136. The molecule has 0 radical (unpaired) electrons. The van der Waals surface area contributed by atoms with E-state index in [1.54, 1.807) is 0 Å². The fourth-order valence-electron chi connectivity index (χ4n) is 3.61. The van der Waals surface area contributed by atoms with Gasteiger partial charge in [-0.3, -0.25) is 0 Å². The summed E-state index contributed by atoms with van der Waals surface area (Å²) in [5.41, 5.74) is 6.59. The van der Waals surface area contributed by atoms with Crippen molar-refractivity contribution in [2.75, 3.05) is 6.00 Å². The van der Waals surface area contributed by atoms with E-state index in [1.807, 2.05) is 24.3 Å². The summed E-state index contributed by atoms with van der Waals surface area (Å²) in [5, 5.41) is 2.39. The smallest absolute Gasteiger partial charge is 0.410 e. The van der Waals surface area contributed by atoms with E-state index in [-0.39, 0.29) is 6.00 Å². The number of rotatable bonds is 4. The molecule has 0 unspecified atom stereocenters. The van der Waals surface area contributed by atoms with Gasteiger partial charge in [0.1, 0.15) is 5.75 Å². The van der Waals surface area contributed by atoms with Gasteiger partial charge in [0.15, 0.2) is 0 Å². The molecule has 0 aromatic heterocycles. The second kappa shape index (κ2) is 7.22. The molecule has 1 amide bonds. The lowest BCUT2D eigenvalue weighted by Gasteiger charge is -2.14. The van der Waals surface area contributed by atoms with Crippen molar-refractivity contribution in [2.24, 2.45) is 0 Å². The number of benzene rings is 3. The first-order valence-electron chi connectivity index (χ1n) is 8.55. The summed E-state index contributed by atoms with van der Waals surface area (Å²) in [4.78, 5) is 11.4. The van der Waals surface area contributed by atoms with Crippen molar-refractivity contribution >= 4 is 17.7 Å². The second-order valence-electron chi connectivity index (χ2n) is 6.28. The van der Waals surface area contributed by atoms with Crippen LogP contribution in [0.5, 0.6) is 5.75 Å². The normalized spacial score (nSPS) is 12.3. The van der Waals surface area contributed by atoms with Crippen LogP contribution in [-0.4, -0.2) is 12.1 Å². The molecule has 4 heteroatoms. The standard InChI is InChI=1S/C22H18ClNO2/c23-14-24-22(25)26-16-11-9-15(10-12-16)13-21-19-7-3-1-5-17(19)18-6-2-4-8-20(18)21/h1-12,21H,13-14H2,(H,24,25). The highest BCUT2D eigenvalue weighted by atomic mass is 35.5. The van der Waals surface area contributed by atoms with Crippen LogP contribution >= 0.6 is 11.6 Å². The van der Waals surface area contributed by atoms with E-state index in [0.29, 0.717) is 11.7 Å². The SMILES string of the molecule is O=C(NCCl)Oc1ccc(CC2c3ccccc3-c3ccccc32)cc1. The minimum Gasteiger partial charge on any atom is -0.410 e. The Hall–Kier alpha value is -2.78. The van der Waals surface area contributed by atoms with Gasteiger partial charge in [-0.1, -0.05) is 60.7 Å². The number of ether oxygens (including phenoxy) is 1. The average molecular weight is 364 g/mol. The molecule has 3 nitrogen and oxygen atoms in total. The lowest BCUT2D eigenvalue weighted by Crippen LogP contribution is -2.25. The predicted molar refractivity (Wildman–Crippen MR) is 104 cm³/mol. The number of hydrogen-bond donors (Lipinski definition) is 1. The zero-order valence-corrected chi connectivity index (χ0v) is 14.9. The molecule has 3 aromatic rings. The van der Waals surface area contributed by atoms with Crippen LogP contribution in [-0.2, 0) is 6.42 Å². The molecule has 1 N–H and O–H groups in total. The van der Waals surface area contributed by atoms with Gasteiger partial charge in [-0.25, -0.2) is 4.79 Å². The van der Waals surface area contributed by atoms with E-state index in [0.717, 1.165) is 6.42 Å². The quantitative estimate of drug-likeness (QED) is 0.502. The Morgan fingerprint density at radius 3 is 2.04 bits per heavy atom. The molecule has 26 heavy (non-hydrogen) atoms. The Labute approximate surface area is 157 Å². The third-order valence-electron chi connectivity index (χ3n) is 4.75. The average Bonchev–Trinajstić information content (AvgIpc) is 2.98. The molecule has 4 rings (SSSR count). The first-order chi connectivity index (χ1) is 12.8. The molecular formula is C22H18ClNO2. The zero-order valence-electron chi connectivity index (χ0n) is 14.1. The Morgan fingerprint density at radius 1 is 0.885 bits per heavy atom. The van der Waals surface area contributed by atoms with Gasteiger partial charge in [-0.15, -0.1) is 11.6 Å². The number of amides is 1. The maximum atomic E-state index is 11.4. The van der Waals surface area contributed by atoms with Crippen molar-refractivity contribution in [1.29, 1.82) is 0 Å². The monoisotopic (exact) mass is 363 g/mol. The summed E-state index contributed by atoms with van der Waals surface area (Å²) in [7, 11) is 0. The molecule has 0 spiro atoms. The van der Waals surface area contributed by atoms with Gasteiger partial charge in [-0.2, -0.15) is 0 Å². The molecule has 3 aromatic carbocycles. The van der Waals surface area contributed by atoms with Crippen molar-refractivity contribution in [3.05, 3.63) is 89.5 Å². The molecular weight excluding hydrogens is 346 g/mol. The van der Waals surface area contributed by atoms with E-state index in [1.165, 1.54) is 27.8 Å². The van der Waals surface area contributed by atoms with Gasteiger partial charge in [0.05, 0.1) is 6.00 Å². The van der Waals surface area contributed by atoms with E-state index in [2.05, 4.69) is 53.8 Å². The van der Waals surface area contributed by atoms with Gasteiger partial charge < -0.3 is 10.1 Å². The second-order valence-corrected chi connectivity index (χ2v) is 6.54. The molecule has 0 fully saturated rings. The van der Waals surface area contributed by atoms with Crippen molar-refractivity contribution in [1.82, 2.24) is 5.32 Å². The highest BCUT2D eigenvalue weighted by molar-refractivity contribution is 6.18. The fourth-order valence-corrected chi connectivity index (χ4v) is 3.72. The van der Waals surface area contributed by atoms with Gasteiger partial charge >= 0.3 is 6.09 Å². The molecule has 0 aliphatic heterocycles. The van der Waals surface area contributed by atoms with Crippen LogP contribution in [0, 0.1) is 0 Å². The summed E-state index contributed by atoms with van der Waals surface area (Å²) in [6.07, 6.45) is 0.355. The Bertz CT molecular complexity index is 891. The van der Waals surface area contributed by atoms with Crippen molar-refractivity contribution < 1.29 is 9.53 Å². The maximum absolute atomic E-state index is 11.4. The number of hydrogen-bond acceptors (Lipinski definition) is 2. The van der Waals surface area contributed by atoms with E-state index < -0.39 is 6.09 Å². The minimum atomic E-state index is -0.550. The van der Waals surface area contributed by atoms with Gasteiger partial charge in [0.2, 0.25) is 0 Å². The van der Waals surface area contributed by atoms with Crippen LogP contribution < -0.4 is 10.1 Å². The van der Waals surface area contributed by atoms with E-state index >= 15 is 0 Å². The van der Waals surface area contributed by atoms with Crippen molar-refractivity contribution in [2.45, 2.75) is 12.3 Å². The molecule has 1 aliphatic rings. The van der Waals surface area contributed by atoms with E-state index in [4.69, 9.17) is 16.3 Å². The highest BCUT2D eigenvalue weighted by Crippen LogP contribution is 2.45. The summed E-state index contributed by atoms with van der Waals surface area (Å²) in [6, 6.07) is 24.9. The minimum absolute atomic E-state index is 0.0252. The van der Waals surface area contributed by atoms with Gasteiger partial charge in [0, 0.05) is 5.92 Å². The summed E-state index contributed by atoms with van der Waals surface area (Å²) in [6.45, 7) is 0. The molecule has 0 bridgehead atoms. The highest BCUT2D eigenvalue weighted by Gasteiger charge is 2.27. The lowest BCUT2D eigenvalue weighted by molar-refractivity contribution is 0.202. The third-order valence-corrected chi connectivity index (χ3v) is 4.88. The molecule has 0 saturated carbocycles. The van der Waals surface area contributed by atoms with Gasteiger partial charge in [-0.05, 0) is 46.4 Å². The van der Waals surface area contributed by atoms with Crippen LogP contribution in [0.15, 0.2) is 72.8 Å². The van der Waals surface area contributed by atoms with Crippen molar-refractivity contribution in [3.8, 4) is 16.9 Å². The molecule has 1 aliphatic carbocycles. The zero-order chi connectivity index (χ0) is 17.9. The lowest BCUT2D eigenvalue weighted by atomic mass is 9.90. The third kappa shape index (κ3) is 3.18. The summed E-state index contributed by atoms with van der Waals surface area (Å²) < 4.78 is 5.16. The van der Waals surface area contributed by atoms with E-state index in [9.17, 15) is 4.79 Å². The number of fused-ring (bicyclic) bond motifs is 3. The Balaban J connectivity index is 1.57. The van der Waals surface area contributed by atoms with Crippen LogP contribution in [0.1, 0.15) is 22.6 Å². The summed E-state index contributed by atoms with van der Waals surface area (Å²) in [5.74, 6) is 0.845. The first kappa shape index (κ1) is 16.7. The molecule has 130 valence electrons. The topological polar surface area (TPSA) is 38.3 Å². The van der Waals surface area contributed by atoms with Crippen LogP contribution in [0.25, 0.3) is 11.1 Å². The number of alkyl halides is 1. The van der Waals surface area contributed by atoms with Gasteiger partial charge in [0.25, 0.3) is 0 Å². The van der Waals surface area contributed by atoms with Crippen LogP contribution in [0.2, 0.25) is 0 Å². The predicted octanol–water partition coefficient (Wildman–Crippen LogP) is 5.33. The Morgan fingerprint density at radius 2 is 1.46 bits per heavy atom. The number of nitrogens with one attached hydrogen (secondary N) is 1. The first-order valence-corrected chi connectivity index (χ1v) is 9.08. The molecule has 0 atom stereocenters. The van der Waals surface area contributed by atoms with Crippen LogP contribution in [0.3, 0.4) is 0 Å².